The first-order chi connectivity index (χ1) is 8.05. The number of benzene rings is 2. The van der Waals surface area contributed by atoms with Gasteiger partial charge in [0.15, 0.2) is 0 Å². The molecular weight excluding hydrogens is 256 g/mol. The Balaban J connectivity index is 2.29. The fraction of sp³-hybridized carbons (Fsp3) is 0. The number of rotatable bonds is 3. The van der Waals surface area contributed by atoms with Gasteiger partial charge in [0, 0.05) is 9.79 Å². The SMILES string of the molecule is O=S(=O)(O)c1cccc(Sc2ccccc2)c1. The lowest BCUT2D eigenvalue weighted by molar-refractivity contribution is 0.483. The summed E-state index contributed by atoms with van der Waals surface area (Å²) in [7, 11) is -4.13. The molecule has 0 atom stereocenters. The standard InChI is InChI=1S/C12H10O3S2/c13-17(14,15)12-8-4-7-11(9-12)16-10-5-2-1-3-6-10/h1-9H,(H,13,14,15). The molecule has 0 aliphatic heterocycles. The molecule has 0 aromatic heterocycles. The highest BCUT2D eigenvalue weighted by molar-refractivity contribution is 7.99. The van der Waals surface area contributed by atoms with Crippen LogP contribution in [0.3, 0.4) is 0 Å². The van der Waals surface area contributed by atoms with Gasteiger partial charge in [0.1, 0.15) is 0 Å². The highest BCUT2D eigenvalue weighted by Crippen LogP contribution is 2.28. The average molecular weight is 266 g/mol. The van der Waals surface area contributed by atoms with Crippen LogP contribution in [0, 0.1) is 0 Å². The van der Waals surface area contributed by atoms with E-state index in [1.165, 1.54) is 23.9 Å². The normalized spacial score (nSPS) is 11.4. The van der Waals surface area contributed by atoms with Crippen LogP contribution < -0.4 is 0 Å². The van der Waals surface area contributed by atoms with Crippen molar-refractivity contribution >= 4 is 21.9 Å². The lowest BCUT2D eigenvalue weighted by Crippen LogP contribution is -1.97. The van der Waals surface area contributed by atoms with E-state index < -0.39 is 10.1 Å². The lowest BCUT2D eigenvalue weighted by Gasteiger charge is -2.03. The van der Waals surface area contributed by atoms with Gasteiger partial charge in [-0.2, -0.15) is 8.42 Å². The molecule has 0 aliphatic carbocycles. The van der Waals surface area contributed by atoms with Gasteiger partial charge in [-0.1, -0.05) is 36.0 Å². The summed E-state index contributed by atoms with van der Waals surface area (Å²) in [5.41, 5.74) is 0. The zero-order valence-corrected chi connectivity index (χ0v) is 10.4. The fourth-order valence-electron chi connectivity index (χ4n) is 1.32. The quantitative estimate of drug-likeness (QED) is 0.867. The van der Waals surface area contributed by atoms with E-state index in [0.29, 0.717) is 0 Å². The highest BCUT2D eigenvalue weighted by atomic mass is 32.2. The summed E-state index contributed by atoms with van der Waals surface area (Å²) in [6, 6.07) is 15.8. The maximum absolute atomic E-state index is 11.0. The Hall–Kier alpha value is -1.30. The Morgan fingerprint density at radius 3 is 2.18 bits per heavy atom. The van der Waals surface area contributed by atoms with Crippen LogP contribution in [-0.2, 0) is 10.1 Å². The van der Waals surface area contributed by atoms with E-state index >= 15 is 0 Å². The number of hydrogen-bond donors (Lipinski definition) is 1. The molecule has 0 unspecified atom stereocenters. The van der Waals surface area contributed by atoms with E-state index in [0.717, 1.165) is 9.79 Å². The third-order valence-electron chi connectivity index (χ3n) is 2.08. The molecule has 0 radical (unpaired) electrons. The van der Waals surface area contributed by atoms with Crippen molar-refractivity contribution in [1.29, 1.82) is 0 Å². The van der Waals surface area contributed by atoms with Gasteiger partial charge in [-0.25, -0.2) is 0 Å². The van der Waals surface area contributed by atoms with Crippen molar-refractivity contribution in [1.82, 2.24) is 0 Å². The van der Waals surface area contributed by atoms with Gasteiger partial charge in [0.05, 0.1) is 4.90 Å². The Morgan fingerprint density at radius 1 is 0.882 bits per heavy atom. The van der Waals surface area contributed by atoms with E-state index in [1.807, 2.05) is 30.3 Å². The van der Waals surface area contributed by atoms with E-state index in [9.17, 15) is 8.42 Å². The van der Waals surface area contributed by atoms with Gasteiger partial charge < -0.3 is 0 Å². The monoisotopic (exact) mass is 266 g/mol. The van der Waals surface area contributed by atoms with Crippen molar-refractivity contribution in [2.75, 3.05) is 0 Å². The Bertz CT molecular complexity index is 607. The first kappa shape index (κ1) is 12.2. The van der Waals surface area contributed by atoms with Crippen LogP contribution in [0.25, 0.3) is 0 Å². The zero-order chi connectivity index (χ0) is 12.3. The third kappa shape index (κ3) is 3.33. The van der Waals surface area contributed by atoms with Crippen molar-refractivity contribution in [3.63, 3.8) is 0 Å². The summed E-state index contributed by atoms with van der Waals surface area (Å²) in [5.74, 6) is 0. The van der Waals surface area contributed by atoms with Gasteiger partial charge in [-0.15, -0.1) is 0 Å². The van der Waals surface area contributed by atoms with E-state index in [2.05, 4.69) is 0 Å². The fourth-order valence-corrected chi connectivity index (χ4v) is 2.82. The van der Waals surface area contributed by atoms with Crippen LogP contribution in [-0.4, -0.2) is 13.0 Å². The van der Waals surface area contributed by atoms with Crippen LogP contribution in [0.2, 0.25) is 0 Å². The molecule has 5 heteroatoms. The first-order valence-corrected chi connectivity index (χ1v) is 7.12. The third-order valence-corrected chi connectivity index (χ3v) is 3.93. The molecule has 0 saturated heterocycles. The Kier molecular flexibility index (Phi) is 3.51. The van der Waals surface area contributed by atoms with E-state index in [-0.39, 0.29) is 4.90 Å². The summed E-state index contributed by atoms with van der Waals surface area (Å²) in [4.78, 5) is 1.70. The molecule has 0 spiro atoms. The molecule has 2 aromatic rings. The summed E-state index contributed by atoms with van der Waals surface area (Å²) in [6.07, 6.45) is 0. The molecular formula is C12H10O3S2. The van der Waals surface area contributed by atoms with Gasteiger partial charge in [-0.3, -0.25) is 4.55 Å². The van der Waals surface area contributed by atoms with E-state index in [4.69, 9.17) is 4.55 Å². The summed E-state index contributed by atoms with van der Waals surface area (Å²) in [5, 5.41) is 0. The maximum Gasteiger partial charge on any atom is 0.294 e. The van der Waals surface area contributed by atoms with Crippen LogP contribution in [0.15, 0.2) is 69.3 Å². The predicted octanol–water partition coefficient (Wildman–Crippen LogP) is 3.08. The minimum atomic E-state index is -4.13. The predicted molar refractivity (Wildman–Crippen MR) is 66.8 cm³/mol. The van der Waals surface area contributed by atoms with Crippen molar-refractivity contribution in [2.24, 2.45) is 0 Å². The Labute approximate surface area is 104 Å². The molecule has 17 heavy (non-hydrogen) atoms. The van der Waals surface area contributed by atoms with Crippen molar-refractivity contribution in [3.05, 3.63) is 54.6 Å². The summed E-state index contributed by atoms with van der Waals surface area (Å²) < 4.78 is 30.9. The molecule has 0 saturated carbocycles. The Morgan fingerprint density at radius 2 is 1.53 bits per heavy atom. The molecule has 0 aliphatic rings. The molecule has 0 fully saturated rings. The van der Waals surface area contributed by atoms with Crippen LogP contribution in [0.4, 0.5) is 0 Å². The topological polar surface area (TPSA) is 54.4 Å². The van der Waals surface area contributed by atoms with E-state index in [1.54, 1.807) is 12.1 Å². The second-order valence-corrected chi connectivity index (χ2v) is 5.93. The van der Waals surface area contributed by atoms with Gasteiger partial charge in [0.2, 0.25) is 0 Å². The molecule has 2 rings (SSSR count). The van der Waals surface area contributed by atoms with Crippen molar-refractivity contribution < 1.29 is 13.0 Å². The molecule has 3 nitrogen and oxygen atoms in total. The molecule has 0 heterocycles. The van der Waals surface area contributed by atoms with Gasteiger partial charge in [0.25, 0.3) is 10.1 Å². The van der Waals surface area contributed by atoms with Gasteiger partial charge >= 0.3 is 0 Å². The second-order valence-electron chi connectivity index (χ2n) is 3.37. The molecule has 88 valence electrons. The highest BCUT2D eigenvalue weighted by Gasteiger charge is 2.09. The maximum atomic E-state index is 11.0. The lowest BCUT2D eigenvalue weighted by atomic mass is 10.4. The van der Waals surface area contributed by atoms with Crippen molar-refractivity contribution in [3.8, 4) is 0 Å². The van der Waals surface area contributed by atoms with Gasteiger partial charge in [-0.05, 0) is 30.3 Å². The first-order valence-electron chi connectivity index (χ1n) is 4.86. The molecule has 0 bridgehead atoms. The second kappa shape index (κ2) is 4.91. The molecule has 1 N–H and O–H groups in total. The van der Waals surface area contributed by atoms with Crippen LogP contribution >= 0.6 is 11.8 Å². The minimum absolute atomic E-state index is 0.0848. The number of hydrogen-bond acceptors (Lipinski definition) is 3. The van der Waals surface area contributed by atoms with Crippen LogP contribution in [0.5, 0.6) is 0 Å². The summed E-state index contributed by atoms with van der Waals surface area (Å²) in [6.45, 7) is 0. The summed E-state index contributed by atoms with van der Waals surface area (Å²) >= 11 is 1.44. The largest absolute Gasteiger partial charge is 0.294 e. The minimum Gasteiger partial charge on any atom is -0.282 e. The smallest absolute Gasteiger partial charge is 0.282 e. The molecule has 2 aromatic carbocycles. The van der Waals surface area contributed by atoms with Crippen molar-refractivity contribution in [2.45, 2.75) is 14.7 Å². The van der Waals surface area contributed by atoms with Crippen LogP contribution in [0.1, 0.15) is 0 Å². The zero-order valence-electron chi connectivity index (χ0n) is 8.78. The average Bonchev–Trinajstić information content (AvgIpc) is 2.29. The molecule has 0 amide bonds.